The van der Waals surface area contributed by atoms with Crippen LogP contribution in [0.25, 0.3) is 11.4 Å². The largest absolute Gasteiger partial charge is 0.352 e. The molecule has 0 radical (unpaired) electrons. The standard InChI is InChI=1S/C18H23N5O2/c24-16(20-14-8-11-23-10-2-1-5-15(14)23)6-7-17-21-18(22-25-17)13-4-3-9-19-12-13/h3-4,9,12,14-15H,1-2,5-8,10-11H2,(H,20,24). The number of rotatable bonds is 5. The Kier molecular flexibility index (Phi) is 4.74. The van der Waals surface area contributed by atoms with Crippen LogP contribution in [-0.4, -0.2) is 51.1 Å². The number of carbonyl (C=O) groups is 1. The van der Waals surface area contributed by atoms with Gasteiger partial charge in [0.25, 0.3) is 0 Å². The molecule has 2 atom stereocenters. The Hall–Kier alpha value is -2.28. The lowest BCUT2D eigenvalue weighted by molar-refractivity contribution is -0.122. The van der Waals surface area contributed by atoms with Gasteiger partial charge in [0.2, 0.25) is 17.6 Å². The average molecular weight is 341 g/mol. The van der Waals surface area contributed by atoms with Gasteiger partial charge in [0.15, 0.2) is 0 Å². The fourth-order valence-electron chi connectivity index (χ4n) is 3.88. The van der Waals surface area contributed by atoms with E-state index in [9.17, 15) is 4.79 Å². The quantitative estimate of drug-likeness (QED) is 0.893. The monoisotopic (exact) mass is 341 g/mol. The second kappa shape index (κ2) is 7.31. The molecule has 2 unspecified atom stereocenters. The minimum absolute atomic E-state index is 0.0681. The van der Waals surface area contributed by atoms with Crippen LogP contribution < -0.4 is 5.32 Å². The Morgan fingerprint density at radius 1 is 1.32 bits per heavy atom. The van der Waals surface area contributed by atoms with Crippen LogP contribution in [0, 0.1) is 0 Å². The first-order chi connectivity index (χ1) is 12.3. The van der Waals surface area contributed by atoms with E-state index >= 15 is 0 Å². The summed E-state index contributed by atoms with van der Waals surface area (Å²) in [6.45, 7) is 2.28. The highest BCUT2D eigenvalue weighted by molar-refractivity contribution is 5.76. The number of amides is 1. The molecule has 2 aliphatic heterocycles. The van der Waals surface area contributed by atoms with E-state index in [-0.39, 0.29) is 5.91 Å². The van der Waals surface area contributed by atoms with Crippen molar-refractivity contribution in [2.45, 2.75) is 50.6 Å². The van der Waals surface area contributed by atoms with E-state index in [0.717, 1.165) is 18.5 Å². The van der Waals surface area contributed by atoms with Gasteiger partial charge in [-0.05, 0) is 37.9 Å². The van der Waals surface area contributed by atoms with Crippen LogP contribution in [0.2, 0.25) is 0 Å². The summed E-state index contributed by atoms with van der Waals surface area (Å²) in [5.74, 6) is 1.07. The molecule has 0 spiro atoms. The zero-order chi connectivity index (χ0) is 17.1. The molecule has 7 nitrogen and oxygen atoms in total. The van der Waals surface area contributed by atoms with Gasteiger partial charge in [0.1, 0.15) is 0 Å². The molecular weight excluding hydrogens is 318 g/mol. The lowest BCUT2D eigenvalue weighted by atomic mass is 9.99. The molecule has 0 aromatic carbocycles. The molecule has 7 heteroatoms. The molecule has 2 saturated heterocycles. The van der Waals surface area contributed by atoms with E-state index in [0.29, 0.717) is 36.6 Å². The van der Waals surface area contributed by atoms with E-state index < -0.39 is 0 Å². The van der Waals surface area contributed by atoms with Crippen molar-refractivity contribution in [2.75, 3.05) is 13.1 Å². The summed E-state index contributed by atoms with van der Waals surface area (Å²) in [6, 6.07) is 4.53. The summed E-state index contributed by atoms with van der Waals surface area (Å²) in [6.07, 6.45) is 9.03. The van der Waals surface area contributed by atoms with Gasteiger partial charge in [0.05, 0.1) is 0 Å². The molecule has 132 valence electrons. The maximum Gasteiger partial charge on any atom is 0.227 e. The fourth-order valence-corrected chi connectivity index (χ4v) is 3.88. The first-order valence-electron chi connectivity index (χ1n) is 9.06. The highest BCUT2D eigenvalue weighted by Crippen LogP contribution is 2.27. The van der Waals surface area contributed by atoms with Gasteiger partial charge in [-0.3, -0.25) is 14.7 Å². The SMILES string of the molecule is O=C(CCc1nc(-c2cccnc2)no1)NC1CCN2CCCCC12. The fraction of sp³-hybridized carbons (Fsp3) is 0.556. The molecule has 1 N–H and O–H groups in total. The topological polar surface area (TPSA) is 84.1 Å². The first-order valence-corrected chi connectivity index (χ1v) is 9.06. The molecule has 2 aromatic heterocycles. The van der Waals surface area contributed by atoms with Crippen LogP contribution >= 0.6 is 0 Å². The molecule has 0 bridgehead atoms. The lowest BCUT2D eigenvalue weighted by Crippen LogP contribution is -2.46. The van der Waals surface area contributed by atoms with Crippen molar-refractivity contribution in [1.29, 1.82) is 0 Å². The maximum absolute atomic E-state index is 12.3. The van der Waals surface area contributed by atoms with Gasteiger partial charge in [-0.1, -0.05) is 11.6 Å². The molecule has 2 fully saturated rings. The normalized spacial score (nSPS) is 23.4. The molecule has 0 saturated carbocycles. The summed E-state index contributed by atoms with van der Waals surface area (Å²) in [7, 11) is 0. The maximum atomic E-state index is 12.3. The summed E-state index contributed by atoms with van der Waals surface area (Å²) >= 11 is 0. The van der Waals surface area contributed by atoms with Crippen LogP contribution in [0.15, 0.2) is 29.0 Å². The number of carbonyl (C=O) groups excluding carboxylic acids is 1. The predicted molar refractivity (Wildman–Crippen MR) is 91.6 cm³/mol. The Morgan fingerprint density at radius 3 is 3.16 bits per heavy atom. The lowest BCUT2D eigenvalue weighted by Gasteiger charge is -2.32. The third-order valence-corrected chi connectivity index (χ3v) is 5.16. The van der Waals surface area contributed by atoms with Crippen molar-refractivity contribution in [1.82, 2.24) is 25.3 Å². The van der Waals surface area contributed by atoms with E-state index in [1.165, 1.54) is 25.8 Å². The van der Waals surface area contributed by atoms with Crippen LogP contribution in [0.4, 0.5) is 0 Å². The van der Waals surface area contributed by atoms with Gasteiger partial charge in [0, 0.05) is 49.4 Å². The van der Waals surface area contributed by atoms with E-state index in [2.05, 4.69) is 25.3 Å². The Bertz CT molecular complexity index is 717. The van der Waals surface area contributed by atoms with E-state index in [1.807, 2.05) is 12.1 Å². The number of aromatic nitrogens is 3. The third-order valence-electron chi connectivity index (χ3n) is 5.16. The van der Waals surface area contributed by atoms with Crippen molar-refractivity contribution >= 4 is 5.91 Å². The zero-order valence-electron chi connectivity index (χ0n) is 14.2. The molecule has 0 aliphatic carbocycles. The second-order valence-corrected chi connectivity index (χ2v) is 6.82. The average Bonchev–Trinajstić information content (AvgIpc) is 3.28. The number of hydrogen-bond acceptors (Lipinski definition) is 6. The second-order valence-electron chi connectivity index (χ2n) is 6.82. The number of fused-ring (bicyclic) bond motifs is 1. The van der Waals surface area contributed by atoms with Crippen LogP contribution in [0.3, 0.4) is 0 Å². The van der Waals surface area contributed by atoms with Gasteiger partial charge in [-0.2, -0.15) is 4.98 Å². The van der Waals surface area contributed by atoms with Crippen LogP contribution in [-0.2, 0) is 11.2 Å². The number of aryl methyl sites for hydroxylation is 1. The zero-order valence-corrected chi connectivity index (χ0v) is 14.2. The highest BCUT2D eigenvalue weighted by Gasteiger charge is 2.36. The van der Waals surface area contributed by atoms with E-state index in [4.69, 9.17) is 4.52 Å². The molecule has 25 heavy (non-hydrogen) atoms. The van der Waals surface area contributed by atoms with Gasteiger partial charge >= 0.3 is 0 Å². The molecule has 4 rings (SSSR count). The highest BCUT2D eigenvalue weighted by atomic mass is 16.5. The molecule has 2 aliphatic rings. The molecule has 2 aromatic rings. The number of hydrogen-bond donors (Lipinski definition) is 1. The van der Waals surface area contributed by atoms with Crippen molar-refractivity contribution in [2.24, 2.45) is 0 Å². The van der Waals surface area contributed by atoms with E-state index in [1.54, 1.807) is 12.4 Å². The van der Waals surface area contributed by atoms with Crippen LogP contribution in [0.1, 0.15) is 38.0 Å². The number of piperidine rings is 1. The first kappa shape index (κ1) is 16.2. The minimum Gasteiger partial charge on any atom is -0.352 e. The summed E-state index contributed by atoms with van der Waals surface area (Å²) in [5.41, 5.74) is 0.810. The Balaban J connectivity index is 1.28. The summed E-state index contributed by atoms with van der Waals surface area (Å²) in [4.78, 5) is 23.2. The third kappa shape index (κ3) is 3.71. The Morgan fingerprint density at radius 2 is 2.28 bits per heavy atom. The minimum atomic E-state index is 0.0681. The Labute approximate surface area is 146 Å². The van der Waals surface area contributed by atoms with Crippen LogP contribution in [0.5, 0.6) is 0 Å². The summed E-state index contributed by atoms with van der Waals surface area (Å²) < 4.78 is 5.25. The molecule has 1 amide bonds. The molecule has 4 heterocycles. The number of nitrogens with zero attached hydrogens (tertiary/aromatic N) is 4. The van der Waals surface area contributed by atoms with Crippen molar-refractivity contribution < 1.29 is 9.32 Å². The summed E-state index contributed by atoms with van der Waals surface area (Å²) in [5, 5.41) is 7.16. The molecular formula is C18H23N5O2. The number of pyridine rings is 1. The van der Waals surface area contributed by atoms with Gasteiger partial charge < -0.3 is 9.84 Å². The number of nitrogens with one attached hydrogen (secondary N) is 1. The predicted octanol–water partition coefficient (Wildman–Crippen LogP) is 1.81. The van der Waals surface area contributed by atoms with Gasteiger partial charge in [-0.25, -0.2) is 0 Å². The smallest absolute Gasteiger partial charge is 0.227 e. The van der Waals surface area contributed by atoms with Crippen molar-refractivity contribution in [3.8, 4) is 11.4 Å². The van der Waals surface area contributed by atoms with Gasteiger partial charge in [-0.15, -0.1) is 0 Å². The van der Waals surface area contributed by atoms with Crippen molar-refractivity contribution in [3.05, 3.63) is 30.4 Å². The van der Waals surface area contributed by atoms with Crippen molar-refractivity contribution in [3.63, 3.8) is 0 Å².